The normalized spacial score (nSPS) is 9.68. The van der Waals surface area contributed by atoms with E-state index in [1.165, 1.54) is 18.2 Å². The van der Waals surface area contributed by atoms with Crippen LogP contribution < -0.4 is 15.4 Å². The largest absolute Gasteiger partial charge is 0.457 e. The number of urea groups is 1. The third-order valence-electron chi connectivity index (χ3n) is 3.67. The highest BCUT2D eigenvalue weighted by molar-refractivity contribution is 6.00. The highest BCUT2D eigenvalue weighted by Crippen LogP contribution is 2.27. The van der Waals surface area contributed by atoms with Crippen molar-refractivity contribution in [2.24, 2.45) is 0 Å². The van der Waals surface area contributed by atoms with Gasteiger partial charge in [0.05, 0.1) is 12.3 Å². The zero-order chi connectivity index (χ0) is 19.9. The minimum absolute atomic E-state index is 0.0408. The van der Waals surface area contributed by atoms with Crippen molar-refractivity contribution in [3.05, 3.63) is 89.5 Å². The highest BCUT2D eigenvalue weighted by Gasteiger charge is 2.10. The first kappa shape index (κ1) is 18.5. The fraction of sp³-hybridized carbons (Fsp3) is 0. The second kappa shape index (κ2) is 8.39. The summed E-state index contributed by atoms with van der Waals surface area (Å²) in [5.41, 5.74) is 1.55. The zero-order valence-electron chi connectivity index (χ0n) is 14.6. The number of rotatable bonds is 4. The van der Waals surface area contributed by atoms with E-state index >= 15 is 0 Å². The second-order valence-corrected chi connectivity index (χ2v) is 5.65. The van der Waals surface area contributed by atoms with Gasteiger partial charge in [-0.25, -0.2) is 14.0 Å². The van der Waals surface area contributed by atoms with E-state index in [0.717, 1.165) is 0 Å². The first-order valence-electron chi connectivity index (χ1n) is 8.17. The molecule has 5 nitrogen and oxygen atoms in total. The number of anilines is 2. The zero-order valence-corrected chi connectivity index (χ0v) is 14.6. The summed E-state index contributed by atoms with van der Waals surface area (Å²) in [6, 6.07) is 16.6. The molecule has 6 heteroatoms. The Hall–Kier alpha value is -4.29. The summed E-state index contributed by atoms with van der Waals surface area (Å²) in [5.74, 6) is 2.69. The van der Waals surface area contributed by atoms with Gasteiger partial charge in [0.1, 0.15) is 17.3 Å². The molecule has 0 aliphatic rings. The van der Waals surface area contributed by atoms with Crippen molar-refractivity contribution >= 4 is 23.1 Å². The lowest BCUT2D eigenvalue weighted by molar-refractivity contribution is 0.262. The highest BCUT2D eigenvalue weighted by atomic mass is 19.1. The Labute approximate surface area is 161 Å². The van der Waals surface area contributed by atoms with Crippen LogP contribution in [0.25, 0.3) is 4.85 Å². The molecule has 3 rings (SSSR count). The summed E-state index contributed by atoms with van der Waals surface area (Å²) in [5, 5.41) is 5.04. The molecule has 0 atom stereocenters. The molecule has 3 aromatic rings. The fourth-order valence-electron chi connectivity index (χ4n) is 2.36. The van der Waals surface area contributed by atoms with Crippen LogP contribution in [0.1, 0.15) is 5.56 Å². The smallest absolute Gasteiger partial charge is 0.323 e. The molecule has 0 spiro atoms. The molecule has 0 aliphatic carbocycles. The van der Waals surface area contributed by atoms with Gasteiger partial charge >= 0.3 is 6.03 Å². The maximum absolute atomic E-state index is 14.1. The summed E-state index contributed by atoms with van der Waals surface area (Å²) < 4.78 is 19.7. The standard InChI is InChI=1S/C22H14FN3O2/c1-3-15-5-4-6-17(13-15)25-22(27)26-21-14-19(11-12-20(21)23)28-18-9-7-16(24-2)8-10-18/h1,4-14H,(H2,25,26,27). The van der Waals surface area contributed by atoms with Gasteiger partial charge in [0.15, 0.2) is 5.69 Å². The number of benzene rings is 3. The summed E-state index contributed by atoms with van der Waals surface area (Å²) in [4.78, 5) is 15.5. The van der Waals surface area contributed by atoms with E-state index in [1.54, 1.807) is 48.5 Å². The topological polar surface area (TPSA) is 54.7 Å². The molecule has 0 aromatic heterocycles. The molecule has 0 aliphatic heterocycles. The molecule has 0 saturated carbocycles. The first-order valence-corrected chi connectivity index (χ1v) is 8.17. The lowest BCUT2D eigenvalue weighted by atomic mass is 10.2. The molecular weight excluding hydrogens is 357 g/mol. The number of halogens is 1. The van der Waals surface area contributed by atoms with Gasteiger partial charge in [-0.1, -0.05) is 24.1 Å². The van der Waals surface area contributed by atoms with Gasteiger partial charge < -0.3 is 15.4 Å². The van der Waals surface area contributed by atoms with Crippen molar-refractivity contribution in [3.8, 4) is 23.8 Å². The summed E-state index contributed by atoms with van der Waals surface area (Å²) in [6.45, 7) is 6.94. The number of ether oxygens (including phenoxy) is 1. The van der Waals surface area contributed by atoms with E-state index in [2.05, 4.69) is 21.4 Å². The van der Waals surface area contributed by atoms with E-state index in [1.807, 2.05) is 0 Å². The number of carbonyl (C=O) groups is 1. The number of nitrogens with zero attached hydrogens (tertiary/aromatic N) is 1. The van der Waals surface area contributed by atoms with Gasteiger partial charge in [0.25, 0.3) is 0 Å². The van der Waals surface area contributed by atoms with Gasteiger partial charge in [0.2, 0.25) is 0 Å². The fourth-order valence-corrected chi connectivity index (χ4v) is 2.36. The van der Waals surface area contributed by atoms with E-state index in [0.29, 0.717) is 28.4 Å². The van der Waals surface area contributed by atoms with E-state index in [-0.39, 0.29) is 5.69 Å². The number of hydrogen-bond acceptors (Lipinski definition) is 2. The van der Waals surface area contributed by atoms with Crippen LogP contribution in [0.3, 0.4) is 0 Å². The van der Waals surface area contributed by atoms with Crippen LogP contribution in [0.4, 0.5) is 26.2 Å². The van der Waals surface area contributed by atoms with E-state index < -0.39 is 11.8 Å². The number of carbonyl (C=O) groups excluding carboxylic acids is 1. The Kier molecular flexibility index (Phi) is 5.55. The number of terminal acetylenes is 1. The van der Waals surface area contributed by atoms with Gasteiger partial charge in [-0.05, 0) is 42.5 Å². The molecule has 0 heterocycles. The predicted octanol–water partition coefficient (Wildman–Crippen LogP) is 5.79. The van der Waals surface area contributed by atoms with Crippen molar-refractivity contribution in [2.75, 3.05) is 10.6 Å². The van der Waals surface area contributed by atoms with Crippen molar-refractivity contribution < 1.29 is 13.9 Å². The van der Waals surface area contributed by atoms with Crippen molar-refractivity contribution in [1.82, 2.24) is 0 Å². The Morgan fingerprint density at radius 3 is 2.50 bits per heavy atom. The number of hydrogen-bond donors (Lipinski definition) is 2. The molecule has 136 valence electrons. The van der Waals surface area contributed by atoms with E-state index in [4.69, 9.17) is 17.7 Å². The van der Waals surface area contributed by atoms with E-state index in [9.17, 15) is 9.18 Å². The Bertz CT molecular complexity index is 1100. The molecule has 0 unspecified atom stereocenters. The van der Waals surface area contributed by atoms with Crippen molar-refractivity contribution in [2.45, 2.75) is 0 Å². The third-order valence-corrected chi connectivity index (χ3v) is 3.67. The number of nitrogens with one attached hydrogen (secondary N) is 2. The molecular formula is C22H14FN3O2. The minimum Gasteiger partial charge on any atom is -0.457 e. The molecule has 0 saturated heterocycles. The van der Waals surface area contributed by atoms with Gasteiger partial charge in [0, 0.05) is 17.3 Å². The summed E-state index contributed by atoms with van der Waals surface area (Å²) in [7, 11) is 0. The van der Waals surface area contributed by atoms with Crippen LogP contribution in [0, 0.1) is 24.7 Å². The van der Waals surface area contributed by atoms with Crippen LogP contribution in [-0.2, 0) is 0 Å². The molecule has 0 fully saturated rings. The van der Waals surface area contributed by atoms with Crippen molar-refractivity contribution in [3.63, 3.8) is 0 Å². The lowest BCUT2D eigenvalue weighted by Gasteiger charge is -2.11. The molecule has 0 bridgehead atoms. The third kappa shape index (κ3) is 4.66. The summed E-state index contributed by atoms with van der Waals surface area (Å²) in [6.07, 6.45) is 5.33. The Morgan fingerprint density at radius 1 is 1.04 bits per heavy atom. The quantitative estimate of drug-likeness (QED) is 0.450. The molecule has 28 heavy (non-hydrogen) atoms. The average Bonchev–Trinajstić information content (AvgIpc) is 2.71. The first-order chi connectivity index (χ1) is 13.6. The van der Waals surface area contributed by atoms with Crippen LogP contribution >= 0.6 is 0 Å². The predicted molar refractivity (Wildman–Crippen MR) is 106 cm³/mol. The SMILES string of the molecule is [C-]#[N+]c1ccc(Oc2ccc(F)c(NC(=O)Nc3cccc(C#C)c3)c2)cc1. The van der Waals surface area contributed by atoms with Gasteiger partial charge in [-0.15, -0.1) is 6.42 Å². The van der Waals surface area contributed by atoms with Crippen LogP contribution in [0.2, 0.25) is 0 Å². The maximum Gasteiger partial charge on any atom is 0.323 e. The molecule has 3 aromatic carbocycles. The van der Waals surface area contributed by atoms with Gasteiger partial charge in [-0.2, -0.15) is 0 Å². The Morgan fingerprint density at radius 2 is 1.79 bits per heavy atom. The second-order valence-electron chi connectivity index (χ2n) is 5.65. The monoisotopic (exact) mass is 371 g/mol. The maximum atomic E-state index is 14.1. The molecule has 0 radical (unpaired) electrons. The van der Waals surface area contributed by atoms with Crippen molar-refractivity contribution in [1.29, 1.82) is 0 Å². The number of amides is 2. The minimum atomic E-state index is -0.619. The molecule has 2 N–H and O–H groups in total. The van der Waals surface area contributed by atoms with Crippen LogP contribution in [0.5, 0.6) is 11.5 Å². The van der Waals surface area contributed by atoms with Crippen LogP contribution in [-0.4, -0.2) is 6.03 Å². The average molecular weight is 371 g/mol. The van der Waals surface area contributed by atoms with Gasteiger partial charge in [-0.3, -0.25) is 0 Å². The lowest BCUT2D eigenvalue weighted by Crippen LogP contribution is -2.20. The van der Waals surface area contributed by atoms with Crippen LogP contribution in [0.15, 0.2) is 66.7 Å². The Balaban J connectivity index is 1.71. The molecule has 2 amide bonds. The summed E-state index contributed by atoms with van der Waals surface area (Å²) >= 11 is 0.